The summed E-state index contributed by atoms with van der Waals surface area (Å²) in [4.78, 5) is 14.4. The number of benzene rings is 2. The minimum atomic E-state index is -0.249. The molecule has 0 saturated carbocycles. The molecule has 0 bridgehead atoms. The highest BCUT2D eigenvalue weighted by molar-refractivity contribution is 9.10. The topological polar surface area (TPSA) is 63.2 Å². The third kappa shape index (κ3) is 5.63. The standard InChI is InChI=1S/C20H22BrN3O3/c1-26-19-7-2-15(12-17(19)14-24-8-10-27-11-9-24)13-22-23-20(25)16-3-5-18(21)6-4-16/h2-7,12-13H,8-11,14H2,1H3,(H,23,25)/b22-13-. The lowest BCUT2D eigenvalue weighted by Crippen LogP contribution is -2.35. The number of hydrogen-bond acceptors (Lipinski definition) is 5. The number of rotatable bonds is 6. The Morgan fingerprint density at radius 3 is 2.70 bits per heavy atom. The van der Waals surface area contributed by atoms with Crippen molar-refractivity contribution in [1.29, 1.82) is 0 Å². The average molecular weight is 432 g/mol. The summed E-state index contributed by atoms with van der Waals surface area (Å²) < 4.78 is 11.8. The minimum absolute atomic E-state index is 0.249. The fourth-order valence-electron chi connectivity index (χ4n) is 2.83. The smallest absolute Gasteiger partial charge is 0.271 e. The maximum absolute atomic E-state index is 12.1. The molecular formula is C20H22BrN3O3. The number of carbonyl (C=O) groups is 1. The van der Waals surface area contributed by atoms with Gasteiger partial charge in [-0.1, -0.05) is 15.9 Å². The quantitative estimate of drug-likeness (QED) is 0.563. The zero-order chi connectivity index (χ0) is 19.1. The Kier molecular flexibility index (Phi) is 6.98. The first-order valence-electron chi connectivity index (χ1n) is 8.71. The van der Waals surface area contributed by atoms with E-state index in [1.54, 1.807) is 25.5 Å². The van der Waals surface area contributed by atoms with Gasteiger partial charge in [0.15, 0.2) is 0 Å². The summed E-state index contributed by atoms with van der Waals surface area (Å²) >= 11 is 3.35. The van der Waals surface area contributed by atoms with Gasteiger partial charge < -0.3 is 9.47 Å². The third-order valence-electron chi connectivity index (χ3n) is 4.29. The van der Waals surface area contributed by atoms with Crippen LogP contribution in [0.5, 0.6) is 5.75 Å². The Balaban J connectivity index is 1.65. The molecule has 1 N–H and O–H groups in total. The van der Waals surface area contributed by atoms with Gasteiger partial charge in [-0.15, -0.1) is 0 Å². The molecule has 0 aromatic heterocycles. The van der Waals surface area contributed by atoms with Crippen LogP contribution in [0, 0.1) is 0 Å². The molecule has 0 atom stereocenters. The van der Waals surface area contributed by atoms with E-state index in [1.165, 1.54) is 0 Å². The second-order valence-electron chi connectivity index (χ2n) is 6.17. The minimum Gasteiger partial charge on any atom is -0.496 e. The van der Waals surface area contributed by atoms with Crippen molar-refractivity contribution >= 4 is 28.1 Å². The SMILES string of the molecule is COc1ccc(/C=N\NC(=O)c2ccc(Br)cc2)cc1CN1CCOCC1. The molecule has 1 aliphatic heterocycles. The molecule has 27 heavy (non-hydrogen) atoms. The Morgan fingerprint density at radius 1 is 1.26 bits per heavy atom. The molecule has 6 nitrogen and oxygen atoms in total. The van der Waals surface area contributed by atoms with Gasteiger partial charge in [0.25, 0.3) is 5.91 Å². The van der Waals surface area contributed by atoms with Crippen LogP contribution >= 0.6 is 15.9 Å². The lowest BCUT2D eigenvalue weighted by molar-refractivity contribution is 0.0339. The van der Waals surface area contributed by atoms with Crippen molar-refractivity contribution in [3.63, 3.8) is 0 Å². The molecule has 1 amide bonds. The molecule has 1 saturated heterocycles. The normalized spacial score (nSPS) is 15.0. The van der Waals surface area contributed by atoms with E-state index in [0.717, 1.165) is 54.2 Å². The van der Waals surface area contributed by atoms with Gasteiger partial charge in [0.1, 0.15) is 5.75 Å². The molecule has 1 heterocycles. The first kappa shape index (κ1) is 19.5. The van der Waals surface area contributed by atoms with Gasteiger partial charge in [-0.05, 0) is 48.0 Å². The van der Waals surface area contributed by atoms with Crippen molar-refractivity contribution in [1.82, 2.24) is 10.3 Å². The third-order valence-corrected chi connectivity index (χ3v) is 4.82. The van der Waals surface area contributed by atoms with Crippen molar-refractivity contribution in [2.24, 2.45) is 5.10 Å². The van der Waals surface area contributed by atoms with E-state index in [9.17, 15) is 4.79 Å². The van der Waals surface area contributed by atoms with Crippen LogP contribution in [-0.2, 0) is 11.3 Å². The van der Waals surface area contributed by atoms with Crippen LogP contribution < -0.4 is 10.2 Å². The predicted molar refractivity (Wildman–Crippen MR) is 108 cm³/mol. The van der Waals surface area contributed by atoms with Crippen molar-refractivity contribution in [3.05, 3.63) is 63.6 Å². The van der Waals surface area contributed by atoms with Crippen molar-refractivity contribution in [2.45, 2.75) is 6.54 Å². The number of methoxy groups -OCH3 is 1. The summed E-state index contributed by atoms with van der Waals surface area (Å²) in [5.74, 6) is 0.596. The van der Waals surface area contributed by atoms with Crippen LogP contribution in [0.2, 0.25) is 0 Å². The van der Waals surface area contributed by atoms with E-state index in [2.05, 4.69) is 31.4 Å². The van der Waals surface area contributed by atoms with Gasteiger partial charge in [0.2, 0.25) is 0 Å². The summed E-state index contributed by atoms with van der Waals surface area (Å²) in [6.45, 7) is 4.12. The van der Waals surface area contributed by atoms with E-state index in [4.69, 9.17) is 9.47 Å². The number of ether oxygens (including phenoxy) is 2. The van der Waals surface area contributed by atoms with Crippen molar-refractivity contribution in [2.75, 3.05) is 33.4 Å². The Labute approximate surface area is 167 Å². The number of nitrogens with one attached hydrogen (secondary N) is 1. The highest BCUT2D eigenvalue weighted by Gasteiger charge is 2.13. The Hall–Kier alpha value is -2.22. The number of carbonyl (C=O) groups excluding carboxylic acids is 1. The van der Waals surface area contributed by atoms with Crippen LogP contribution in [0.25, 0.3) is 0 Å². The van der Waals surface area contributed by atoms with Crippen LogP contribution in [0.3, 0.4) is 0 Å². The first-order valence-corrected chi connectivity index (χ1v) is 9.51. The van der Waals surface area contributed by atoms with Crippen LogP contribution in [-0.4, -0.2) is 50.4 Å². The Bertz CT molecular complexity index is 803. The summed E-state index contributed by atoms with van der Waals surface area (Å²) in [6.07, 6.45) is 1.64. The molecular weight excluding hydrogens is 410 g/mol. The van der Waals surface area contributed by atoms with Crippen molar-refractivity contribution in [3.8, 4) is 5.75 Å². The molecule has 1 fully saturated rings. The summed E-state index contributed by atoms with van der Waals surface area (Å²) in [6, 6.07) is 13.0. The highest BCUT2D eigenvalue weighted by Crippen LogP contribution is 2.21. The molecule has 7 heteroatoms. The van der Waals surface area contributed by atoms with Crippen LogP contribution in [0.1, 0.15) is 21.5 Å². The summed E-state index contributed by atoms with van der Waals surface area (Å²) in [5, 5.41) is 4.07. The van der Waals surface area contributed by atoms with Gasteiger partial charge in [-0.3, -0.25) is 9.69 Å². The van der Waals surface area contributed by atoms with Gasteiger partial charge in [0, 0.05) is 35.2 Å². The van der Waals surface area contributed by atoms with E-state index in [1.807, 2.05) is 30.3 Å². The molecule has 0 aliphatic carbocycles. The number of halogens is 1. The second-order valence-corrected chi connectivity index (χ2v) is 7.08. The fraction of sp³-hybridized carbons (Fsp3) is 0.300. The lowest BCUT2D eigenvalue weighted by atomic mass is 10.1. The second kappa shape index (κ2) is 9.64. The molecule has 2 aromatic carbocycles. The number of hydrazone groups is 1. The molecule has 0 spiro atoms. The monoisotopic (exact) mass is 431 g/mol. The molecule has 2 aromatic rings. The van der Waals surface area contributed by atoms with Gasteiger partial charge >= 0.3 is 0 Å². The van der Waals surface area contributed by atoms with E-state index < -0.39 is 0 Å². The maximum atomic E-state index is 12.1. The maximum Gasteiger partial charge on any atom is 0.271 e. The molecule has 142 valence electrons. The molecule has 1 aliphatic rings. The van der Waals surface area contributed by atoms with E-state index in [-0.39, 0.29) is 5.91 Å². The van der Waals surface area contributed by atoms with Gasteiger partial charge in [-0.2, -0.15) is 5.10 Å². The van der Waals surface area contributed by atoms with Crippen LogP contribution in [0.15, 0.2) is 52.0 Å². The fourth-order valence-corrected chi connectivity index (χ4v) is 3.10. The predicted octanol–water partition coefficient (Wildman–Crippen LogP) is 3.05. The zero-order valence-electron chi connectivity index (χ0n) is 15.2. The summed E-state index contributed by atoms with van der Waals surface area (Å²) in [7, 11) is 1.67. The number of morpholine rings is 1. The number of amides is 1. The van der Waals surface area contributed by atoms with Gasteiger partial charge in [0.05, 0.1) is 26.5 Å². The lowest BCUT2D eigenvalue weighted by Gasteiger charge is -2.27. The van der Waals surface area contributed by atoms with E-state index in [0.29, 0.717) is 5.56 Å². The first-order chi connectivity index (χ1) is 13.2. The molecule has 0 radical (unpaired) electrons. The molecule has 3 rings (SSSR count). The van der Waals surface area contributed by atoms with Gasteiger partial charge in [-0.25, -0.2) is 5.43 Å². The summed E-state index contributed by atoms with van der Waals surface area (Å²) in [5.41, 5.74) is 5.09. The van der Waals surface area contributed by atoms with E-state index >= 15 is 0 Å². The Morgan fingerprint density at radius 2 is 2.00 bits per heavy atom. The molecule has 0 unspecified atom stereocenters. The van der Waals surface area contributed by atoms with Crippen molar-refractivity contribution < 1.29 is 14.3 Å². The number of hydrogen-bond donors (Lipinski definition) is 1. The van der Waals surface area contributed by atoms with Crippen LogP contribution in [0.4, 0.5) is 0 Å². The number of nitrogens with zero attached hydrogens (tertiary/aromatic N) is 2. The average Bonchev–Trinajstić information content (AvgIpc) is 2.69. The zero-order valence-corrected chi connectivity index (χ0v) is 16.7. The largest absolute Gasteiger partial charge is 0.496 e. The highest BCUT2D eigenvalue weighted by atomic mass is 79.9.